The fourth-order valence-corrected chi connectivity index (χ4v) is 2.99. The molecule has 0 radical (unpaired) electrons. The molecule has 2 aromatic rings. The summed E-state index contributed by atoms with van der Waals surface area (Å²) in [5.41, 5.74) is 1.53. The molecule has 1 aliphatic heterocycles. The van der Waals surface area contributed by atoms with Crippen molar-refractivity contribution in [3.8, 4) is 5.75 Å². The van der Waals surface area contributed by atoms with Crippen LogP contribution in [-0.4, -0.2) is 29.6 Å². The first-order valence-corrected chi connectivity index (χ1v) is 8.01. The second-order valence-corrected chi connectivity index (χ2v) is 6.20. The zero-order valence-corrected chi connectivity index (χ0v) is 13.8. The second-order valence-electron chi connectivity index (χ2n) is 6.20. The average molecular weight is 314 g/mol. The van der Waals surface area contributed by atoms with Crippen LogP contribution in [0.5, 0.6) is 5.75 Å². The zero-order valence-electron chi connectivity index (χ0n) is 13.8. The standard InChI is InChI=1S/C18H22N2O3/c1-12(2)17-11-15(19-23-17)18(21)20-10-4-5-16(20)13-6-8-14(22-3)9-7-13/h6-9,11-12,16H,4-5,10H2,1-3H3. The van der Waals surface area contributed by atoms with Gasteiger partial charge < -0.3 is 14.2 Å². The van der Waals surface area contributed by atoms with E-state index in [9.17, 15) is 4.79 Å². The smallest absolute Gasteiger partial charge is 0.276 e. The van der Waals surface area contributed by atoms with Gasteiger partial charge in [0.05, 0.1) is 13.2 Å². The van der Waals surface area contributed by atoms with Gasteiger partial charge in [0.15, 0.2) is 5.69 Å². The van der Waals surface area contributed by atoms with E-state index < -0.39 is 0 Å². The van der Waals surface area contributed by atoms with Crippen molar-refractivity contribution >= 4 is 5.91 Å². The number of nitrogens with zero attached hydrogens (tertiary/aromatic N) is 2. The molecule has 1 aromatic heterocycles. The molecule has 1 aliphatic rings. The van der Waals surface area contributed by atoms with Crippen LogP contribution < -0.4 is 4.74 Å². The number of likely N-dealkylation sites (tertiary alicyclic amines) is 1. The number of benzene rings is 1. The van der Waals surface area contributed by atoms with Crippen LogP contribution in [0.1, 0.15) is 60.5 Å². The first-order valence-electron chi connectivity index (χ1n) is 8.01. The third-order valence-electron chi connectivity index (χ3n) is 4.33. The Morgan fingerprint density at radius 3 is 2.70 bits per heavy atom. The van der Waals surface area contributed by atoms with Crippen LogP contribution in [0.2, 0.25) is 0 Å². The summed E-state index contributed by atoms with van der Waals surface area (Å²) in [6, 6.07) is 9.77. The highest BCUT2D eigenvalue weighted by Crippen LogP contribution is 2.34. The Morgan fingerprint density at radius 1 is 1.35 bits per heavy atom. The lowest BCUT2D eigenvalue weighted by atomic mass is 10.0. The number of amides is 1. The maximum absolute atomic E-state index is 12.8. The number of hydrogen-bond donors (Lipinski definition) is 0. The molecule has 1 fully saturated rings. The number of methoxy groups -OCH3 is 1. The summed E-state index contributed by atoms with van der Waals surface area (Å²) in [6.07, 6.45) is 1.96. The molecule has 5 nitrogen and oxygen atoms in total. The van der Waals surface area contributed by atoms with E-state index in [0.717, 1.165) is 36.5 Å². The molecule has 1 amide bonds. The van der Waals surface area contributed by atoms with E-state index in [2.05, 4.69) is 5.16 Å². The molecular weight excluding hydrogens is 292 g/mol. The molecule has 5 heteroatoms. The largest absolute Gasteiger partial charge is 0.497 e. The van der Waals surface area contributed by atoms with Gasteiger partial charge in [-0.25, -0.2) is 0 Å². The second kappa shape index (κ2) is 6.44. The van der Waals surface area contributed by atoms with Gasteiger partial charge in [-0.15, -0.1) is 0 Å². The van der Waals surface area contributed by atoms with E-state index in [1.807, 2.05) is 43.0 Å². The van der Waals surface area contributed by atoms with Gasteiger partial charge in [0.1, 0.15) is 11.5 Å². The molecular formula is C18H22N2O3. The maximum Gasteiger partial charge on any atom is 0.276 e. The van der Waals surface area contributed by atoms with Gasteiger partial charge in [-0.2, -0.15) is 0 Å². The predicted molar refractivity (Wildman–Crippen MR) is 86.6 cm³/mol. The first kappa shape index (κ1) is 15.6. The van der Waals surface area contributed by atoms with Crippen molar-refractivity contribution in [2.75, 3.05) is 13.7 Å². The minimum Gasteiger partial charge on any atom is -0.497 e. The quantitative estimate of drug-likeness (QED) is 0.861. The van der Waals surface area contributed by atoms with Crippen LogP contribution in [0.25, 0.3) is 0 Å². The molecule has 1 unspecified atom stereocenters. The fourth-order valence-electron chi connectivity index (χ4n) is 2.99. The van der Waals surface area contributed by atoms with Crippen LogP contribution in [0.4, 0.5) is 0 Å². The topological polar surface area (TPSA) is 55.6 Å². The van der Waals surface area contributed by atoms with Crippen LogP contribution in [0.15, 0.2) is 34.9 Å². The van der Waals surface area contributed by atoms with Crippen LogP contribution in [0.3, 0.4) is 0 Å². The summed E-state index contributed by atoms with van der Waals surface area (Å²) in [7, 11) is 1.65. The third-order valence-corrected chi connectivity index (χ3v) is 4.33. The molecule has 1 aromatic carbocycles. The third kappa shape index (κ3) is 3.09. The van der Waals surface area contributed by atoms with E-state index in [4.69, 9.17) is 9.26 Å². The summed E-state index contributed by atoms with van der Waals surface area (Å²) in [6.45, 7) is 4.79. The lowest BCUT2D eigenvalue weighted by molar-refractivity contribution is 0.0725. The monoisotopic (exact) mass is 314 g/mol. The Kier molecular flexibility index (Phi) is 4.37. The molecule has 0 aliphatic carbocycles. The lowest BCUT2D eigenvalue weighted by Gasteiger charge is -2.24. The maximum atomic E-state index is 12.8. The normalized spacial score (nSPS) is 17.7. The van der Waals surface area contributed by atoms with Crippen molar-refractivity contribution in [1.82, 2.24) is 10.1 Å². The summed E-state index contributed by atoms with van der Waals surface area (Å²) < 4.78 is 10.5. The molecule has 0 spiro atoms. The molecule has 1 saturated heterocycles. The van der Waals surface area contributed by atoms with Gasteiger partial charge in [-0.1, -0.05) is 31.1 Å². The van der Waals surface area contributed by atoms with Gasteiger partial charge in [0.25, 0.3) is 5.91 Å². The molecule has 0 N–H and O–H groups in total. The van der Waals surface area contributed by atoms with E-state index >= 15 is 0 Å². The van der Waals surface area contributed by atoms with Crippen molar-refractivity contribution in [1.29, 1.82) is 0 Å². The minimum atomic E-state index is -0.0565. The highest BCUT2D eigenvalue weighted by atomic mass is 16.5. The number of carbonyl (C=O) groups excluding carboxylic acids is 1. The number of ether oxygens (including phenoxy) is 1. The number of carbonyl (C=O) groups is 1. The van der Waals surface area contributed by atoms with Gasteiger partial charge in [0, 0.05) is 18.5 Å². The van der Waals surface area contributed by atoms with E-state index in [0.29, 0.717) is 5.69 Å². The van der Waals surface area contributed by atoms with Crippen molar-refractivity contribution in [2.24, 2.45) is 0 Å². The Labute approximate surface area is 136 Å². The molecule has 1 atom stereocenters. The zero-order chi connectivity index (χ0) is 16.4. The SMILES string of the molecule is COc1ccc(C2CCCN2C(=O)c2cc(C(C)C)on2)cc1. The first-order chi connectivity index (χ1) is 11.1. The van der Waals surface area contributed by atoms with Gasteiger partial charge in [0.2, 0.25) is 0 Å². The van der Waals surface area contributed by atoms with Crippen LogP contribution >= 0.6 is 0 Å². The number of aromatic nitrogens is 1. The Balaban J connectivity index is 1.80. The van der Waals surface area contributed by atoms with E-state index in [1.165, 1.54) is 0 Å². The molecule has 23 heavy (non-hydrogen) atoms. The Hall–Kier alpha value is -2.30. The molecule has 2 heterocycles. The van der Waals surface area contributed by atoms with Crippen molar-refractivity contribution in [3.63, 3.8) is 0 Å². The van der Waals surface area contributed by atoms with Gasteiger partial charge >= 0.3 is 0 Å². The average Bonchev–Trinajstić information content (AvgIpc) is 3.23. The molecule has 122 valence electrons. The summed E-state index contributed by atoms with van der Waals surface area (Å²) >= 11 is 0. The van der Waals surface area contributed by atoms with Crippen molar-refractivity contribution in [2.45, 2.75) is 38.6 Å². The van der Waals surface area contributed by atoms with Crippen LogP contribution in [0, 0.1) is 0 Å². The number of rotatable bonds is 4. The number of hydrogen-bond acceptors (Lipinski definition) is 4. The lowest BCUT2D eigenvalue weighted by Crippen LogP contribution is -2.30. The fraction of sp³-hybridized carbons (Fsp3) is 0.444. The Morgan fingerprint density at radius 2 is 2.09 bits per heavy atom. The summed E-state index contributed by atoms with van der Waals surface area (Å²) in [4.78, 5) is 14.7. The van der Waals surface area contributed by atoms with Crippen molar-refractivity contribution in [3.05, 3.63) is 47.3 Å². The molecule has 0 bridgehead atoms. The minimum absolute atomic E-state index is 0.0565. The van der Waals surface area contributed by atoms with Crippen LogP contribution in [-0.2, 0) is 0 Å². The molecule has 0 saturated carbocycles. The van der Waals surface area contributed by atoms with E-state index in [1.54, 1.807) is 13.2 Å². The van der Waals surface area contributed by atoms with Crippen molar-refractivity contribution < 1.29 is 14.1 Å². The highest BCUT2D eigenvalue weighted by molar-refractivity contribution is 5.92. The molecule has 3 rings (SSSR count). The summed E-state index contributed by atoms with van der Waals surface area (Å²) in [5, 5.41) is 3.95. The van der Waals surface area contributed by atoms with Gasteiger partial charge in [-0.3, -0.25) is 4.79 Å². The van der Waals surface area contributed by atoms with Gasteiger partial charge in [-0.05, 0) is 30.5 Å². The summed E-state index contributed by atoms with van der Waals surface area (Å²) in [5.74, 6) is 1.73. The highest BCUT2D eigenvalue weighted by Gasteiger charge is 2.32. The predicted octanol–water partition coefficient (Wildman–Crippen LogP) is 3.78. The van der Waals surface area contributed by atoms with E-state index in [-0.39, 0.29) is 17.9 Å². The Bertz CT molecular complexity index is 676.